The summed E-state index contributed by atoms with van der Waals surface area (Å²) in [7, 11) is 1.88. The Morgan fingerprint density at radius 2 is 1.85 bits per heavy atom. The van der Waals surface area contributed by atoms with E-state index in [0.717, 1.165) is 29.7 Å². The van der Waals surface area contributed by atoms with Gasteiger partial charge in [0.1, 0.15) is 5.82 Å². The molecular formula is C11H16FN. The maximum Gasteiger partial charge on any atom is 0.129 e. The molecule has 0 heterocycles. The van der Waals surface area contributed by atoms with Gasteiger partial charge in [0, 0.05) is 0 Å². The van der Waals surface area contributed by atoms with E-state index in [1.165, 1.54) is 0 Å². The van der Waals surface area contributed by atoms with Gasteiger partial charge in [0.25, 0.3) is 0 Å². The fourth-order valence-electron chi connectivity index (χ4n) is 1.39. The minimum atomic E-state index is -0.0461. The Morgan fingerprint density at radius 3 is 2.46 bits per heavy atom. The lowest BCUT2D eigenvalue weighted by Crippen LogP contribution is -2.12. The van der Waals surface area contributed by atoms with Gasteiger partial charge in [-0.05, 0) is 50.6 Å². The molecule has 0 unspecified atom stereocenters. The molecule has 13 heavy (non-hydrogen) atoms. The summed E-state index contributed by atoms with van der Waals surface area (Å²) in [5.41, 5.74) is 2.62. The zero-order chi connectivity index (χ0) is 9.84. The summed E-state index contributed by atoms with van der Waals surface area (Å²) in [4.78, 5) is 0. The zero-order valence-corrected chi connectivity index (χ0v) is 8.45. The highest BCUT2D eigenvalue weighted by Gasteiger charge is 2.07. The first-order valence-corrected chi connectivity index (χ1v) is 4.56. The Morgan fingerprint density at radius 1 is 1.23 bits per heavy atom. The minimum absolute atomic E-state index is 0.0461. The Bertz CT molecular complexity index is 294. The predicted molar refractivity (Wildman–Crippen MR) is 53.5 cm³/mol. The van der Waals surface area contributed by atoms with Crippen LogP contribution < -0.4 is 5.32 Å². The van der Waals surface area contributed by atoms with Crippen molar-refractivity contribution in [1.82, 2.24) is 5.32 Å². The molecule has 0 amide bonds. The molecule has 0 aliphatic heterocycles. The van der Waals surface area contributed by atoms with Crippen LogP contribution in [0.15, 0.2) is 12.1 Å². The molecule has 1 rings (SSSR count). The average molecular weight is 181 g/mol. The smallest absolute Gasteiger partial charge is 0.129 e. The Balaban J connectivity index is 2.96. The quantitative estimate of drug-likeness (QED) is 0.753. The zero-order valence-electron chi connectivity index (χ0n) is 8.45. The number of nitrogens with one attached hydrogen (secondary N) is 1. The largest absolute Gasteiger partial charge is 0.319 e. The monoisotopic (exact) mass is 181 g/mol. The molecule has 0 aliphatic carbocycles. The van der Waals surface area contributed by atoms with Gasteiger partial charge in [-0.1, -0.05) is 12.1 Å². The van der Waals surface area contributed by atoms with E-state index in [4.69, 9.17) is 0 Å². The number of aryl methyl sites for hydroxylation is 2. The van der Waals surface area contributed by atoms with Crippen molar-refractivity contribution in [3.63, 3.8) is 0 Å². The van der Waals surface area contributed by atoms with E-state index in [-0.39, 0.29) is 5.82 Å². The van der Waals surface area contributed by atoms with Gasteiger partial charge < -0.3 is 5.32 Å². The Hall–Kier alpha value is -0.890. The van der Waals surface area contributed by atoms with Crippen molar-refractivity contribution in [1.29, 1.82) is 0 Å². The van der Waals surface area contributed by atoms with E-state index in [2.05, 4.69) is 5.32 Å². The number of halogens is 1. The molecule has 1 aromatic rings. The van der Waals surface area contributed by atoms with Gasteiger partial charge in [-0.15, -0.1) is 0 Å². The van der Waals surface area contributed by atoms with Gasteiger partial charge in [-0.3, -0.25) is 0 Å². The average Bonchev–Trinajstić information content (AvgIpc) is 2.12. The van der Waals surface area contributed by atoms with E-state index >= 15 is 0 Å². The standard InChI is InChI=1S/C11H16FN/c1-8-4-5-9(2)11(12)10(8)6-7-13-3/h4-5,13H,6-7H2,1-3H3. The second-order valence-electron chi connectivity index (χ2n) is 3.35. The summed E-state index contributed by atoms with van der Waals surface area (Å²) in [6, 6.07) is 3.80. The van der Waals surface area contributed by atoms with Gasteiger partial charge in [-0.25, -0.2) is 4.39 Å². The fourth-order valence-corrected chi connectivity index (χ4v) is 1.39. The minimum Gasteiger partial charge on any atom is -0.319 e. The van der Waals surface area contributed by atoms with Crippen molar-refractivity contribution in [3.8, 4) is 0 Å². The van der Waals surface area contributed by atoms with Gasteiger partial charge in [0.2, 0.25) is 0 Å². The Kier molecular flexibility index (Phi) is 3.43. The van der Waals surface area contributed by atoms with Gasteiger partial charge >= 0.3 is 0 Å². The topological polar surface area (TPSA) is 12.0 Å². The first kappa shape index (κ1) is 10.2. The molecular weight excluding hydrogens is 165 g/mol. The molecule has 1 nitrogen and oxygen atoms in total. The molecule has 0 spiro atoms. The molecule has 1 aromatic carbocycles. The summed E-state index contributed by atoms with van der Waals surface area (Å²) in [6.45, 7) is 4.58. The number of benzene rings is 1. The van der Waals surface area contributed by atoms with E-state index in [1.54, 1.807) is 6.92 Å². The number of likely N-dealkylation sites (N-methyl/N-ethyl adjacent to an activating group) is 1. The van der Waals surface area contributed by atoms with Crippen molar-refractivity contribution in [2.75, 3.05) is 13.6 Å². The molecule has 0 bridgehead atoms. The van der Waals surface area contributed by atoms with Crippen LogP contribution in [0.5, 0.6) is 0 Å². The first-order chi connectivity index (χ1) is 6.16. The first-order valence-electron chi connectivity index (χ1n) is 4.56. The molecule has 0 saturated heterocycles. The summed E-state index contributed by atoms with van der Waals surface area (Å²) >= 11 is 0. The SMILES string of the molecule is CNCCc1c(C)ccc(C)c1F. The van der Waals surface area contributed by atoms with E-state index in [1.807, 2.05) is 26.1 Å². The third-order valence-corrected chi connectivity index (χ3v) is 2.30. The highest BCUT2D eigenvalue weighted by Crippen LogP contribution is 2.16. The van der Waals surface area contributed by atoms with Crippen molar-refractivity contribution in [2.24, 2.45) is 0 Å². The third-order valence-electron chi connectivity index (χ3n) is 2.30. The fraction of sp³-hybridized carbons (Fsp3) is 0.455. The lowest BCUT2D eigenvalue weighted by molar-refractivity contribution is 0.594. The van der Waals surface area contributed by atoms with Crippen LogP contribution >= 0.6 is 0 Å². The van der Waals surface area contributed by atoms with Crippen LogP contribution in [0, 0.1) is 19.7 Å². The molecule has 72 valence electrons. The second kappa shape index (κ2) is 4.38. The molecule has 0 radical (unpaired) electrons. The normalized spacial score (nSPS) is 10.5. The van der Waals surface area contributed by atoms with Gasteiger partial charge in [0.15, 0.2) is 0 Å². The van der Waals surface area contributed by atoms with Crippen LogP contribution in [-0.2, 0) is 6.42 Å². The molecule has 0 fully saturated rings. The maximum atomic E-state index is 13.6. The molecule has 2 heteroatoms. The molecule has 1 N–H and O–H groups in total. The van der Waals surface area contributed by atoms with Crippen LogP contribution in [0.25, 0.3) is 0 Å². The summed E-state index contributed by atoms with van der Waals surface area (Å²) in [6.07, 6.45) is 0.760. The number of hydrogen-bond acceptors (Lipinski definition) is 1. The summed E-state index contributed by atoms with van der Waals surface area (Å²) in [5.74, 6) is -0.0461. The summed E-state index contributed by atoms with van der Waals surface area (Å²) < 4.78 is 13.6. The molecule has 0 saturated carbocycles. The van der Waals surface area contributed by atoms with Crippen molar-refractivity contribution < 1.29 is 4.39 Å². The lowest BCUT2D eigenvalue weighted by Gasteiger charge is -2.08. The number of hydrogen-bond donors (Lipinski definition) is 1. The van der Waals surface area contributed by atoms with Crippen molar-refractivity contribution in [2.45, 2.75) is 20.3 Å². The lowest BCUT2D eigenvalue weighted by atomic mass is 10.0. The second-order valence-corrected chi connectivity index (χ2v) is 3.35. The predicted octanol–water partition coefficient (Wildman–Crippen LogP) is 2.20. The van der Waals surface area contributed by atoms with Crippen LogP contribution in [-0.4, -0.2) is 13.6 Å². The Labute approximate surface area is 79.0 Å². The van der Waals surface area contributed by atoms with Crippen molar-refractivity contribution in [3.05, 3.63) is 34.6 Å². The van der Waals surface area contributed by atoms with Crippen LogP contribution in [0.2, 0.25) is 0 Å². The van der Waals surface area contributed by atoms with Gasteiger partial charge in [0.05, 0.1) is 0 Å². The van der Waals surface area contributed by atoms with Crippen molar-refractivity contribution >= 4 is 0 Å². The van der Waals surface area contributed by atoms with Crippen LogP contribution in [0.4, 0.5) is 4.39 Å². The van der Waals surface area contributed by atoms with E-state index in [9.17, 15) is 4.39 Å². The maximum absolute atomic E-state index is 13.6. The van der Waals surface area contributed by atoms with Gasteiger partial charge in [-0.2, -0.15) is 0 Å². The van der Waals surface area contributed by atoms with Crippen LogP contribution in [0.3, 0.4) is 0 Å². The molecule has 0 atom stereocenters. The van der Waals surface area contributed by atoms with E-state index < -0.39 is 0 Å². The summed E-state index contributed by atoms with van der Waals surface area (Å²) in [5, 5.41) is 3.02. The third kappa shape index (κ3) is 2.28. The highest BCUT2D eigenvalue weighted by atomic mass is 19.1. The molecule has 0 aliphatic rings. The van der Waals surface area contributed by atoms with Crippen LogP contribution in [0.1, 0.15) is 16.7 Å². The highest BCUT2D eigenvalue weighted by molar-refractivity contribution is 5.32. The molecule has 0 aromatic heterocycles. The van der Waals surface area contributed by atoms with E-state index in [0.29, 0.717) is 0 Å². The number of rotatable bonds is 3.